The van der Waals surface area contributed by atoms with E-state index in [9.17, 15) is 9.59 Å². The van der Waals surface area contributed by atoms with Crippen LogP contribution in [0.5, 0.6) is 0 Å². The van der Waals surface area contributed by atoms with Crippen LogP contribution in [0.4, 0.5) is 0 Å². The molecule has 0 aliphatic carbocycles. The molecule has 22 heavy (non-hydrogen) atoms. The number of aromatic nitrogens is 1. The van der Waals surface area contributed by atoms with E-state index in [2.05, 4.69) is 15.6 Å². The lowest BCUT2D eigenvalue weighted by Crippen LogP contribution is -2.33. The lowest BCUT2D eigenvalue weighted by atomic mass is 10.1. The van der Waals surface area contributed by atoms with E-state index < -0.39 is 0 Å². The molecule has 116 valence electrons. The van der Waals surface area contributed by atoms with Gasteiger partial charge in [-0.15, -0.1) is 11.3 Å². The molecule has 0 bridgehead atoms. The lowest BCUT2D eigenvalue weighted by Gasteiger charge is -2.16. The summed E-state index contributed by atoms with van der Waals surface area (Å²) in [6.07, 6.45) is 2.67. The quantitative estimate of drug-likeness (QED) is 0.821. The summed E-state index contributed by atoms with van der Waals surface area (Å²) in [6.45, 7) is 1.99. The molecule has 2 aromatic heterocycles. The molecule has 5 nitrogen and oxygen atoms in total. The molecule has 0 spiro atoms. The monoisotopic (exact) mass is 317 g/mol. The van der Waals surface area contributed by atoms with Gasteiger partial charge in [-0.1, -0.05) is 12.1 Å². The number of hydrogen-bond acceptors (Lipinski definition) is 4. The minimum atomic E-state index is -0.271. The largest absolute Gasteiger partial charge is 0.356 e. The van der Waals surface area contributed by atoms with Crippen LogP contribution in [0.25, 0.3) is 0 Å². The number of carbonyl (C=O) groups is 2. The van der Waals surface area contributed by atoms with Gasteiger partial charge in [-0.25, -0.2) is 0 Å². The third-order valence-corrected chi connectivity index (χ3v) is 4.07. The SMILES string of the molecule is CC(=O)N[C@@H](CC(=O)NCCc1ccccn1)c1cccs1. The van der Waals surface area contributed by atoms with Crippen molar-refractivity contribution in [2.45, 2.75) is 25.8 Å². The summed E-state index contributed by atoms with van der Waals surface area (Å²) in [5.74, 6) is -0.220. The highest BCUT2D eigenvalue weighted by Gasteiger charge is 2.17. The number of carbonyl (C=O) groups excluding carboxylic acids is 2. The second kappa shape index (κ2) is 8.29. The Labute approximate surface area is 133 Å². The number of thiophene rings is 1. The molecule has 2 aromatic rings. The number of hydrogen-bond donors (Lipinski definition) is 2. The molecule has 0 fully saturated rings. The Kier molecular flexibility index (Phi) is 6.09. The van der Waals surface area contributed by atoms with Crippen molar-refractivity contribution < 1.29 is 9.59 Å². The number of rotatable bonds is 7. The van der Waals surface area contributed by atoms with Gasteiger partial charge in [-0.05, 0) is 23.6 Å². The summed E-state index contributed by atoms with van der Waals surface area (Å²) < 4.78 is 0. The second-order valence-corrected chi connectivity index (χ2v) is 5.87. The van der Waals surface area contributed by atoms with E-state index in [0.717, 1.165) is 10.6 Å². The van der Waals surface area contributed by atoms with Crippen LogP contribution in [0.3, 0.4) is 0 Å². The van der Waals surface area contributed by atoms with Crippen molar-refractivity contribution in [3.05, 3.63) is 52.5 Å². The Morgan fingerprint density at radius 3 is 2.77 bits per heavy atom. The zero-order valence-electron chi connectivity index (χ0n) is 12.4. The molecule has 1 atom stereocenters. The van der Waals surface area contributed by atoms with E-state index in [1.165, 1.54) is 18.3 Å². The molecular weight excluding hydrogens is 298 g/mol. The third-order valence-electron chi connectivity index (χ3n) is 3.08. The third kappa shape index (κ3) is 5.29. The molecule has 0 aromatic carbocycles. The van der Waals surface area contributed by atoms with Crippen molar-refractivity contribution in [2.24, 2.45) is 0 Å². The summed E-state index contributed by atoms with van der Waals surface area (Å²) in [7, 11) is 0. The van der Waals surface area contributed by atoms with Crippen LogP contribution < -0.4 is 10.6 Å². The second-order valence-electron chi connectivity index (χ2n) is 4.89. The van der Waals surface area contributed by atoms with Crippen LogP contribution in [0, 0.1) is 0 Å². The predicted molar refractivity (Wildman–Crippen MR) is 86.4 cm³/mol. The van der Waals surface area contributed by atoms with Crippen LogP contribution in [-0.4, -0.2) is 23.3 Å². The standard InChI is InChI=1S/C16H19N3O2S/c1-12(20)19-14(15-6-4-10-22-15)11-16(21)18-9-7-13-5-2-3-8-17-13/h2-6,8,10,14H,7,9,11H2,1H3,(H,18,21)(H,19,20)/t14-/m0/s1. The number of pyridine rings is 1. The van der Waals surface area contributed by atoms with Gasteiger partial charge in [-0.2, -0.15) is 0 Å². The van der Waals surface area contributed by atoms with Crippen LogP contribution in [-0.2, 0) is 16.0 Å². The summed E-state index contributed by atoms with van der Waals surface area (Å²) in [5, 5.41) is 7.62. The fourth-order valence-electron chi connectivity index (χ4n) is 2.09. The molecule has 2 rings (SSSR count). The maximum atomic E-state index is 12.0. The van der Waals surface area contributed by atoms with Gasteiger partial charge in [0.25, 0.3) is 0 Å². The highest BCUT2D eigenvalue weighted by atomic mass is 32.1. The summed E-state index contributed by atoms with van der Waals surface area (Å²) >= 11 is 1.53. The van der Waals surface area contributed by atoms with Gasteiger partial charge in [-0.3, -0.25) is 14.6 Å². The Hall–Kier alpha value is -2.21. The summed E-state index contributed by atoms with van der Waals surface area (Å²) in [6, 6.07) is 9.28. The fraction of sp³-hybridized carbons (Fsp3) is 0.312. The molecule has 6 heteroatoms. The van der Waals surface area contributed by atoms with E-state index in [4.69, 9.17) is 0 Å². The molecule has 0 saturated carbocycles. The van der Waals surface area contributed by atoms with Gasteiger partial charge in [0.1, 0.15) is 0 Å². The van der Waals surface area contributed by atoms with E-state index in [1.807, 2.05) is 35.7 Å². The number of amides is 2. The first-order chi connectivity index (χ1) is 10.6. The van der Waals surface area contributed by atoms with Crippen molar-refractivity contribution in [3.63, 3.8) is 0 Å². The molecular formula is C16H19N3O2S. The molecule has 0 aliphatic rings. The van der Waals surface area contributed by atoms with E-state index in [0.29, 0.717) is 13.0 Å². The zero-order valence-corrected chi connectivity index (χ0v) is 13.2. The minimum Gasteiger partial charge on any atom is -0.356 e. The van der Waals surface area contributed by atoms with Gasteiger partial charge >= 0.3 is 0 Å². The Morgan fingerprint density at radius 2 is 2.14 bits per heavy atom. The van der Waals surface area contributed by atoms with Crippen LogP contribution in [0.1, 0.15) is 30.0 Å². The Balaban J connectivity index is 1.82. The van der Waals surface area contributed by atoms with Gasteiger partial charge in [0.05, 0.1) is 12.5 Å². The summed E-state index contributed by atoms with van der Waals surface area (Å²) in [4.78, 5) is 28.5. The number of nitrogens with one attached hydrogen (secondary N) is 2. The first kappa shape index (κ1) is 16.2. The smallest absolute Gasteiger partial charge is 0.222 e. The Bertz CT molecular complexity index is 599. The van der Waals surface area contributed by atoms with E-state index >= 15 is 0 Å². The molecule has 2 heterocycles. The Morgan fingerprint density at radius 1 is 1.27 bits per heavy atom. The first-order valence-electron chi connectivity index (χ1n) is 7.12. The van der Waals surface area contributed by atoms with Crippen molar-refractivity contribution in [2.75, 3.05) is 6.54 Å². The van der Waals surface area contributed by atoms with Crippen LogP contribution in [0.2, 0.25) is 0 Å². The van der Waals surface area contributed by atoms with Crippen molar-refractivity contribution in [1.29, 1.82) is 0 Å². The minimum absolute atomic E-state index is 0.0805. The zero-order chi connectivity index (χ0) is 15.8. The van der Waals surface area contributed by atoms with Crippen LogP contribution >= 0.6 is 11.3 Å². The van der Waals surface area contributed by atoms with Crippen molar-refractivity contribution >= 4 is 23.2 Å². The van der Waals surface area contributed by atoms with Gasteiger partial charge in [0.2, 0.25) is 11.8 Å². The molecule has 2 N–H and O–H groups in total. The van der Waals surface area contributed by atoms with Gasteiger partial charge in [0.15, 0.2) is 0 Å². The first-order valence-corrected chi connectivity index (χ1v) is 8.00. The van der Waals surface area contributed by atoms with E-state index in [1.54, 1.807) is 6.20 Å². The topological polar surface area (TPSA) is 71.1 Å². The van der Waals surface area contributed by atoms with Crippen LogP contribution in [0.15, 0.2) is 41.9 Å². The highest BCUT2D eigenvalue weighted by Crippen LogP contribution is 2.21. The normalized spacial score (nSPS) is 11.7. The average Bonchev–Trinajstić information content (AvgIpc) is 3.01. The number of nitrogens with zero attached hydrogens (tertiary/aromatic N) is 1. The molecule has 2 amide bonds. The lowest BCUT2D eigenvalue weighted by molar-refractivity contribution is -0.122. The van der Waals surface area contributed by atoms with Crippen molar-refractivity contribution in [3.8, 4) is 0 Å². The highest BCUT2D eigenvalue weighted by molar-refractivity contribution is 7.10. The van der Waals surface area contributed by atoms with Crippen molar-refractivity contribution in [1.82, 2.24) is 15.6 Å². The molecule has 0 aliphatic heterocycles. The van der Waals surface area contributed by atoms with Gasteiger partial charge < -0.3 is 10.6 Å². The van der Waals surface area contributed by atoms with Gasteiger partial charge in [0, 0.05) is 36.7 Å². The fourth-order valence-corrected chi connectivity index (χ4v) is 2.87. The molecule has 0 saturated heterocycles. The maximum Gasteiger partial charge on any atom is 0.222 e. The average molecular weight is 317 g/mol. The maximum absolute atomic E-state index is 12.0. The van der Waals surface area contributed by atoms with E-state index in [-0.39, 0.29) is 24.3 Å². The predicted octanol–water partition coefficient (Wildman–Crippen LogP) is 2.07. The molecule has 0 unspecified atom stereocenters. The molecule has 0 radical (unpaired) electrons. The summed E-state index contributed by atoms with van der Waals surface area (Å²) in [5.41, 5.74) is 0.944.